The zero-order valence-electron chi connectivity index (χ0n) is 12.0. The van der Waals surface area contributed by atoms with Crippen LogP contribution in [-0.4, -0.2) is 40.6 Å². The molecule has 24 heavy (non-hydrogen) atoms. The molecule has 0 fully saturated rings. The van der Waals surface area contributed by atoms with Gasteiger partial charge in [-0.05, 0) is 29.5 Å². The van der Waals surface area contributed by atoms with Crippen LogP contribution in [0.15, 0.2) is 51.6 Å². The van der Waals surface area contributed by atoms with Crippen LogP contribution in [0.2, 0.25) is 0 Å². The summed E-state index contributed by atoms with van der Waals surface area (Å²) in [6, 6.07) is 10.9. The fourth-order valence-corrected chi connectivity index (χ4v) is 4.71. The molecule has 0 spiro atoms. The second-order valence-corrected chi connectivity index (χ2v) is 8.05. The molecule has 0 aliphatic heterocycles. The maximum absolute atomic E-state index is 12.5. The van der Waals surface area contributed by atoms with E-state index in [9.17, 15) is 18.0 Å². The molecule has 10 heteroatoms. The molecule has 8 nitrogen and oxygen atoms in total. The third kappa shape index (κ3) is 3.14. The van der Waals surface area contributed by atoms with Crippen molar-refractivity contribution < 1.29 is 18.0 Å². The van der Waals surface area contributed by atoms with Crippen LogP contribution >= 0.6 is 11.3 Å². The fourth-order valence-electron chi connectivity index (χ4n) is 1.93. The molecule has 0 radical (unpaired) electrons. The van der Waals surface area contributed by atoms with E-state index in [-0.39, 0.29) is 21.3 Å². The van der Waals surface area contributed by atoms with Gasteiger partial charge < -0.3 is 0 Å². The van der Waals surface area contributed by atoms with Crippen molar-refractivity contribution in [3.8, 4) is 0 Å². The zero-order chi connectivity index (χ0) is 17.2. The largest absolute Gasteiger partial charge is 0.290 e. The molecule has 0 unspecified atom stereocenters. The average molecular weight is 362 g/mol. The number of nitrogens with zero attached hydrogens (tertiary/aromatic N) is 3. The third-order valence-electron chi connectivity index (χ3n) is 3.09. The van der Waals surface area contributed by atoms with Gasteiger partial charge in [-0.1, -0.05) is 18.2 Å². The van der Waals surface area contributed by atoms with Gasteiger partial charge in [0.2, 0.25) is 21.4 Å². The summed E-state index contributed by atoms with van der Waals surface area (Å²) in [5.74, 6) is -1.92. The number of hydrogen-bond donors (Lipinski definition) is 1. The monoisotopic (exact) mass is 362 g/mol. The van der Waals surface area contributed by atoms with Gasteiger partial charge in [0.25, 0.3) is 5.78 Å². The van der Waals surface area contributed by atoms with Crippen molar-refractivity contribution in [2.45, 2.75) is 15.5 Å². The van der Waals surface area contributed by atoms with Gasteiger partial charge in [0.05, 0.1) is 4.90 Å². The van der Waals surface area contributed by atoms with Crippen LogP contribution in [0.3, 0.4) is 0 Å². The van der Waals surface area contributed by atoms with Gasteiger partial charge in [0.1, 0.15) is 4.21 Å². The first kappa shape index (κ1) is 16.1. The Labute approximate surface area is 140 Å². The van der Waals surface area contributed by atoms with Crippen LogP contribution in [0, 0.1) is 0 Å². The van der Waals surface area contributed by atoms with E-state index in [1.807, 2.05) is 0 Å². The standard InChI is InChI=1S/C14H10N4O4S2/c19-11(13(20)14-15-17-18-16-14)8-9-6-7-12(23-9)24(21,22)10-4-2-1-3-5-10/h1-7H,8H2,(H,15,16,17,18). The molecule has 3 aromatic rings. The van der Waals surface area contributed by atoms with Crippen molar-refractivity contribution in [1.82, 2.24) is 20.6 Å². The van der Waals surface area contributed by atoms with Gasteiger partial charge in [0.15, 0.2) is 0 Å². The highest BCUT2D eigenvalue weighted by Crippen LogP contribution is 2.28. The highest BCUT2D eigenvalue weighted by molar-refractivity contribution is 7.93. The molecule has 122 valence electrons. The molecule has 2 heterocycles. The van der Waals surface area contributed by atoms with Crippen molar-refractivity contribution in [2.75, 3.05) is 0 Å². The molecular weight excluding hydrogens is 352 g/mol. The number of ketones is 2. The quantitative estimate of drug-likeness (QED) is 0.514. The van der Waals surface area contributed by atoms with Gasteiger partial charge in [0, 0.05) is 11.3 Å². The van der Waals surface area contributed by atoms with Crippen molar-refractivity contribution in [1.29, 1.82) is 0 Å². The summed E-state index contributed by atoms with van der Waals surface area (Å²) >= 11 is 0.952. The van der Waals surface area contributed by atoms with E-state index in [4.69, 9.17) is 0 Å². The van der Waals surface area contributed by atoms with E-state index < -0.39 is 21.4 Å². The van der Waals surface area contributed by atoms with Gasteiger partial charge in [-0.3, -0.25) is 9.59 Å². The molecule has 3 rings (SSSR count). The number of thiophene rings is 1. The second kappa shape index (κ2) is 6.42. The molecule has 0 saturated heterocycles. The maximum atomic E-state index is 12.5. The predicted molar refractivity (Wildman–Crippen MR) is 83.4 cm³/mol. The topological polar surface area (TPSA) is 123 Å². The summed E-state index contributed by atoms with van der Waals surface area (Å²) in [7, 11) is -3.63. The van der Waals surface area contributed by atoms with Crippen LogP contribution in [0.4, 0.5) is 0 Å². The normalized spacial score (nSPS) is 11.3. The molecule has 1 aromatic carbocycles. The number of benzene rings is 1. The number of hydrogen-bond acceptors (Lipinski definition) is 8. The highest BCUT2D eigenvalue weighted by Gasteiger charge is 2.24. The third-order valence-corrected chi connectivity index (χ3v) is 6.44. The first-order valence-electron chi connectivity index (χ1n) is 6.68. The number of H-pyrrole nitrogens is 1. The van der Waals surface area contributed by atoms with Gasteiger partial charge in [-0.2, -0.15) is 5.21 Å². The van der Waals surface area contributed by atoms with Gasteiger partial charge in [-0.15, -0.1) is 21.5 Å². The van der Waals surface area contributed by atoms with Crippen LogP contribution in [0.5, 0.6) is 0 Å². The SMILES string of the molecule is O=C(Cc1ccc(S(=O)(=O)c2ccccc2)s1)C(=O)c1nn[nH]n1. The van der Waals surface area contributed by atoms with Crippen molar-refractivity contribution in [2.24, 2.45) is 0 Å². The summed E-state index contributed by atoms with van der Waals surface area (Å²) in [6.45, 7) is 0. The summed E-state index contributed by atoms with van der Waals surface area (Å²) in [4.78, 5) is 24.4. The van der Waals surface area contributed by atoms with E-state index >= 15 is 0 Å². The number of carbonyl (C=O) groups is 2. The summed E-state index contributed by atoms with van der Waals surface area (Å²) < 4.78 is 25.1. The number of aromatic amines is 1. The summed E-state index contributed by atoms with van der Waals surface area (Å²) in [6.07, 6.45) is -0.220. The fraction of sp³-hybridized carbons (Fsp3) is 0.0714. The number of aromatic nitrogens is 4. The maximum Gasteiger partial charge on any atom is 0.269 e. The van der Waals surface area contributed by atoms with E-state index in [1.165, 1.54) is 24.3 Å². The van der Waals surface area contributed by atoms with E-state index in [0.29, 0.717) is 4.88 Å². The number of carbonyl (C=O) groups excluding carboxylic acids is 2. The predicted octanol–water partition coefficient (Wildman–Crippen LogP) is 1.09. The van der Waals surface area contributed by atoms with Crippen LogP contribution in [0.25, 0.3) is 0 Å². The first-order valence-corrected chi connectivity index (χ1v) is 8.98. The molecule has 0 atom stereocenters. The summed E-state index contributed by atoms with van der Waals surface area (Å²) in [5, 5.41) is 12.2. The molecule has 0 bridgehead atoms. The molecule has 0 saturated carbocycles. The summed E-state index contributed by atoms with van der Waals surface area (Å²) in [5.41, 5.74) is 0. The van der Waals surface area contributed by atoms with Gasteiger partial charge in [-0.25, -0.2) is 8.42 Å². The average Bonchev–Trinajstić information content (AvgIpc) is 3.27. The zero-order valence-corrected chi connectivity index (χ0v) is 13.7. The number of Topliss-reactive ketones (excluding diaryl/α,β-unsaturated/α-hetero) is 2. The van der Waals surface area contributed by atoms with E-state index in [2.05, 4.69) is 20.6 Å². The number of tetrazole rings is 1. The van der Waals surface area contributed by atoms with E-state index in [1.54, 1.807) is 18.2 Å². The van der Waals surface area contributed by atoms with Crippen molar-refractivity contribution in [3.63, 3.8) is 0 Å². The Balaban J connectivity index is 1.79. The smallest absolute Gasteiger partial charge is 0.269 e. The Bertz CT molecular complexity index is 979. The lowest BCUT2D eigenvalue weighted by Crippen LogP contribution is -2.17. The van der Waals surface area contributed by atoms with Crippen LogP contribution in [0.1, 0.15) is 15.5 Å². The minimum absolute atomic E-state index is 0.114. The molecule has 0 aliphatic rings. The lowest BCUT2D eigenvalue weighted by Gasteiger charge is -2.00. The molecule has 0 amide bonds. The Hall–Kier alpha value is -2.72. The van der Waals surface area contributed by atoms with Gasteiger partial charge >= 0.3 is 0 Å². The van der Waals surface area contributed by atoms with Crippen LogP contribution < -0.4 is 0 Å². The number of nitrogens with one attached hydrogen (secondary N) is 1. The lowest BCUT2D eigenvalue weighted by atomic mass is 10.1. The minimum atomic E-state index is -3.63. The Morgan fingerprint density at radius 3 is 2.50 bits per heavy atom. The first-order chi connectivity index (χ1) is 11.5. The van der Waals surface area contributed by atoms with Crippen LogP contribution in [-0.2, 0) is 21.1 Å². The highest BCUT2D eigenvalue weighted by atomic mass is 32.2. The van der Waals surface area contributed by atoms with Crippen molar-refractivity contribution >= 4 is 32.7 Å². The molecular formula is C14H10N4O4S2. The molecule has 0 aliphatic carbocycles. The molecule has 1 N–H and O–H groups in total. The lowest BCUT2D eigenvalue weighted by molar-refractivity contribution is -0.114. The Morgan fingerprint density at radius 2 is 1.83 bits per heavy atom. The number of rotatable bonds is 6. The minimum Gasteiger partial charge on any atom is -0.290 e. The van der Waals surface area contributed by atoms with E-state index in [0.717, 1.165) is 11.3 Å². The molecule has 2 aromatic heterocycles. The Morgan fingerprint density at radius 1 is 1.08 bits per heavy atom. The van der Waals surface area contributed by atoms with Crippen molar-refractivity contribution in [3.05, 3.63) is 53.2 Å². The Kier molecular flexibility index (Phi) is 4.32. The second-order valence-electron chi connectivity index (χ2n) is 4.70. The number of sulfone groups is 1.